The lowest BCUT2D eigenvalue weighted by atomic mass is 9.95. The highest BCUT2D eigenvalue weighted by Gasteiger charge is 2.29. The Labute approximate surface area is 338 Å². The smallest absolute Gasteiger partial charge is 0.306 e. The van der Waals surface area contributed by atoms with Crippen LogP contribution in [0.3, 0.4) is 0 Å². The van der Waals surface area contributed by atoms with Crippen molar-refractivity contribution in [2.45, 2.75) is 57.1 Å². The van der Waals surface area contributed by atoms with E-state index >= 15 is 0 Å². The zero-order valence-electron chi connectivity index (χ0n) is 31.4. The summed E-state index contributed by atoms with van der Waals surface area (Å²) in [6, 6.07) is 15.9. The molecule has 57 heavy (non-hydrogen) atoms. The Bertz CT molecular complexity index is 2080. The van der Waals surface area contributed by atoms with E-state index in [1.807, 2.05) is 24.3 Å². The Balaban J connectivity index is 1.31. The second-order valence-electron chi connectivity index (χ2n) is 13.2. The minimum absolute atomic E-state index is 0.0331. The normalized spacial score (nSPS) is 14.3. The monoisotopic (exact) mass is 826 g/mol. The first kappa shape index (κ1) is 43.0. The van der Waals surface area contributed by atoms with Crippen LogP contribution in [0.15, 0.2) is 54.6 Å². The number of aliphatic hydroxyl groups excluding tert-OH is 2. The molecule has 1 aromatic heterocycles. The van der Waals surface area contributed by atoms with Crippen LogP contribution in [0, 0.1) is 0 Å². The molecule has 0 radical (unpaired) electrons. The van der Waals surface area contributed by atoms with Gasteiger partial charge in [0.05, 0.1) is 62.5 Å². The van der Waals surface area contributed by atoms with Gasteiger partial charge in [-0.1, -0.05) is 53.5 Å². The third-order valence-corrected chi connectivity index (χ3v) is 9.92. The SMILES string of the molecule is COc1cc(NC(=O)c2cccc(-c3cccc4c3CC[C@@H]4Oc3nc(OC)c(CNC[C@@H](O)CC(=O)O)cc3Cl)c2Cl)cc(OC)c1CNC[C@@H](O)CC(=O)O. The first-order valence-electron chi connectivity index (χ1n) is 17.9. The van der Waals surface area contributed by atoms with Crippen molar-refractivity contribution in [3.8, 4) is 34.4 Å². The number of amides is 1. The number of carbonyl (C=O) groups excluding carboxylic acids is 1. The molecule has 1 aliphatic carbocycles. The summed E-state index contributed by atoms with van der Waals surface area (Å²) >= 11 is 13.6. The average Bonchev–Trinajstić information content (AvgIpc) is 3.58. The molecule has 0 spiro atoms. The van der Waals surface area contributed by atoms with Crippen LogP contribution in [0.2, 0.25) is 10.0 Å². The number of nitrogens with zero attached hydrogens (tertiary/aromatic N) is 1. The van der Waals surface area contributed by atoms with Crippen molar-refractivity contribution in [1.82, 2.24) is 15.6 Å². The number of aliphatic carboxylic acids is 2. The number of anilines is 1. The molecule has 0 saturated heterocycles. The Kier molecular flexibility index (Phi) is 14.9. The lowest BCUT2D eigenvalue weighted by Gasteiger charge is -2.19. The van der Waals surface area contributed by atoms with Crippen LogP contribution in [0.1, 0.15) is 58.0 Å². The molecule has 1 amide bonds. The zero-order chi connectivity index (χ0) is 41.2. The Morgan fingerprint density at radius 2 is 1.44 bits per heavy atom. The van der Waals surface area contributed by atoms with E-state index in [0.29, 0.717) is 46.7 Å². The molecule has 4 aromatic rings. The fraction of sp³-hybridized carbons (Fsp3) is 0.350. The molecule has 304 valence electrons. The van der Waals surface area contributed by atoms with E-state index in [2.05, 4.69) is 20.9 Å². The van der Waals surface area contributed by atoms with Crippen LogP contribution >= 0.6 is 23.2 Å². The number of carbonyl (C=O) groups is 3. The van der Waals surface area contributed by atoms with E-state index in [9.17, 15) is 24.6 Å². The first-order chi connectivity index (χ1) is 27.3. The quantitative estimate of drug-likeness (QED) is 0.0606. The van der Waals surface area contributed by atoms with Gasteiger partial charge in [0.25, 0.3) is 5.91 Å². The topological polar surface area (TPSA) is 218 Å². The first-order valence-corrected chi connectivity index (χ1v) is 18.7. The van der Waals surface area contributed by atoms with Crippen LogP contribution in [-0.2, 0) is 29.1 Å². The summed E-state index contributed by atoms with van der Waals surface area (Å²) in [5.74, 6) is -1.44. The van der Waals surface area contributed by atoms with E-state index in [1.54, 1.807) is 30.3 Å². The van der Waals surface area contributed by atoms with E-state index in [1.165, 1.54) is 21.3 Å². The van der Waals surface area contributed by atoms with Gasteiger partial charge in [0.15, 0.2) is 0 Å². The summed E-state index contributed by atoms with van der Waals surface area (Å²) in [5, 5.41) is 46.9. The predicted octanol–water partition coefficient (Wildman–Crippen LogP) is 5.25. The van der Waals surface area contributed by atoms with E-state index in [0.717, 1.165) is 16.7 Å². The highest BCUT2D eigenvalue weighted by atomic mass is 35.5. The number of ether oxygens (including phenoxy) is 4. The van der Waals surface area contributed by atoms with Crippen molar-refractivity contribution in [3.05, 3.63) is 92.5 Å². The average molecular weight is 828 g/mol. The molecule has 5 rings (SSSR count). The summed E-state index contributed by atoms with van der Waals surface area (Å²) in [5.41, 5.74) is 5.24. The summed E-state index contributed by atoms with van der Waals surface area (Å²) in [6.45, 7) is 0.504. The molecule has 1 heterocycles. The van der Waals surface area contributed by atoms with Gasteiger partial charge in [0, 0.05) is 55.1 Å². The maximum Gasteiger partial charge on any atom is 0.306 e. The molecule has 3 aromatic carbocycles. The van der Waals surface area contributed by atoms with Gasteiger partial charge in [-0.2, -0.15) is 4.98 Å². The number of fused-ring (bicyclic) bond motifs is 1. The third kappa shape index (κ3) is 10.8. The van der Waals surface area contributed by atoms with Gasteiger partial charge < -0.3 is 55.3 Å². The van der Waals surface area contributed by atoms with Crippen molar-refractivity contribution in [1.29, 1.82) is 0 Å². The Morgan fingerprint density at radius 1 is 0.825 bits per heavy atom. The highest BCUT2D eigenvalue weighted by molar-refractivity contribution is 6.37. The number of aliphatic hydroxyl groups is 2. The van der Waals surface area contributed by atoms with Crippen LogP contribution in [0.4, 0.5) is 5.69 Å². The van der Waals surface area contributed by atoms with Crippen molar-refractivity contribution >= 4 is 46.7 Å². The molecular weight excluding hydrogens is 783 g/mol. The molecular formula is C40H44Cl2N4O11. The number of hydrogen-bond donors (Lipinski definition) is 7. The minimum atomic E-state index is -1.11. The second-order valence-corrected chi connectivity index (χ2v) is 14.0. The molecule has 0 saturated carbocycles. The Morgan fingerprint density at radius 3 is 2.05 bits per heavy atom. The number of halogens is 2. The lowest BCUT2D eigenvalue weighted by Crippen LogP contribution is -2.28. The van der Waals surface area contributed by atoms with Gasteiger partial charge in [-0.15, -0.1) is 0 Å². The summed E-state index contributed by atoms with van der Waals surface area (Å²) in [4.78, 5) is 39.9. The third-order valence-electron chi connectivity index (χ3n) is 9.24. The number of carboxylic acid groups (broad SMARTS) is 2. The number of pyridine rings is 1. The van der Waals surface area contributed by atoms with Gasteiger partial charge in [-0.25, -0.2) is 0 Å². The fourth-order valence-corrected chi connectivity index (χ4v) is 7.17. The van der Waals surface area contributed by atoms with Crippen molar-refractivity contribution in [3.63, 3.8) is 0 Å². The molecule has 7 N–H and O–H groups in total. The predicted molar refractivity (Wildman–Crippen MR) is 212 cm³/mol. The van der Waals surface area contributed by atoms with Crippen molar-refractivity contribution in [2.24, 2.45) is 0 Å². The summed E-state index contributed by atoms with van der Waals surface area (Å²) in [6.07, 6.45) is -2.04. The number of benzene rings is 3. The largest absolute Gasteiger partial charge is 0.496 e. The van der Waals surface area contributed by atoms with E-state index in [-0.39, 0.29) is 60.0 Å². The molecule has 0 unspecified atom stereocenters. The molecule has 3 atom stereocenters. The summed E-state index contributed by atoms with van der Waals surface area (Å²) < 4.78 is 23.0. The number of aromatic nitrogens is 1. The molecule has 1 aliphatic rings. The van der Waals surface area contributed by atoms with Crippen LogP contribution in [-0.4, -0.2) is 89.9 Å². The molecule has 17 heteroatoms. The number of hydrogen-bond acceptors (Lipinski definition) is 12. The minimum Gasteiger partial charge on any atom is -0.496 e. The number of nitrogens with one attached hydrogen (secondary N) is 3. The Hall–Kier alpha value is -5.16. The second kappa shape index (κ2) is 19.8. The molecule has 0 fully saturated rings. The number of methoxy groups -OCH3 is 3. The maximum atomic E-state index is 13.7. The van der Waals surface area contributed by atoms with Gasteiger partial charge in [-0.3, -0.25) is 14.4 Å². The molecule has 15 nitrogen and oxygen atoms in total. The molecule has 0 aliphatic heterocycles. The van der Waals surface area contributed by atoms with Crippen LogP contribution < -0.4 is 34.9 Å². The molecule has 0 bridgehead atoms. The number of carboxylic acids is 2. The number of rotatable bonds is 20. The van der Waals surface area contributed by atoms with Gasteiger partial charge in [0.1, 0.15) is 22.6 Å². The highest BCUT2D eigenvalue weighted by Crippen LogP contribution is 2.44. The fourth-order valence-electron chi connectivity index (χ4n) is 6.63. The van der Waals surface area contributed by atoms with Crippen LogP contribution in [0.5, 0.6) is 23.3 Å². The lowest BCUT2D eigenvalue weighted by molar-refractivity contribution is -0.140. The van der Waals surface area contributed by atoms with Gasteiger partial charge in [0.2, 0.25) is 11.8 Å². The maximum absolute atomic E-state index is 13.7. The van der Waals surface area contributed by atoms with E-state index in [4.69, 9.17) is 52.4 Å². The summed E-state index contributed by atoms with van der Waals surface area (Å²) in [7, 11) is 4.40. The van der Waals surface area contributed by atoms with Crippen molar-refractivity contribution < 1.29 is 53.8 Å². The zero-order valence-corrected chi connectivity index (χ0v) is 32.9. The standard InChI is InChI=1S/C40H44Cl2N4O11/c1-54-33-13-22(14-34(55-2)30(33)20-44-19-24(48)16-36(51)52)45-38(53)29-9-5-8-28(37(29)42)25-6-4-7-27-26(25)10-11-32(27)57-40-31(41)12-21(39(46-40)56-3)17-43-18-23(47)15-35(49)50/h4-9,12-14,23-24,32,43-44,47-48H,10-11,15-20H2,1-3H3,(H,45,53)(H,49,50)(H,51,52)/t23-,24-,32-/m0/s1. The van der Waals surface area contributed by atoms with Gasteiger partial charge >= 0.3 is 11.9 Å². The van der Waals surface area contributed by atoms with Crippen molar-refractivity contribution in [2.75, 3.05) is 39.7 Å². The van der Waals surface area contributed by atoms with E-state index < -0.39 is 42.6 Å². The van der Waals surface area contributed by atoms with Gasteiger partial charge in [-0.05, 0) is 41.7 Å². The van der Waals surface area contributed by atoms with Crippen LogP contribution in [0.25, 0.3) is 11.1 Å².